The maximum atomic E-state index is 11.9. The van der Waals surface area contributed by atoms with Gasteiger partial charge in [-0.2, -0.15) is 0 Å². The van der Waals surface area contributed by atoms with Crippen LogP contribution in [-0.2, 0) is 20.9 Å². The lowest BCUT2D eigenvalue weighted by Gasteiger charge is -2.23. The Balaban J connectivity index is 1.81. The highest BCUT2D eigenvalue weighted by molar-refractivity contribution is 5.86. The zero-order valence-electron chi connectivity index (χ0n) is 12.2. The molecule has 0 radical (unpaired) electrons. The van der Waals surface area contributed by atoms with E-state index in [1.54, 1.807) is 20.0 Å². The van der Waals surface area contributed by atoms with Gasteiger partial charge in [-0.25, -0.2) is 4.98 Å². The first-order valence-corrected chi connectivity index (χ1v) is 6.89. The van der Waals surface area contributed by atoms with E-state index in [2.05, 4.69) is 14.9 Å². The van der Waals surface area contributed by atoms with E-state index >= 15 is 0 Å². The summed E-state index contributed by atoms with van der Waals surface area (Å²) in [4.78, 5) is 27.2. The molecule has 6 nitrogen and oxygen atoms in total. The molecular formula is C14H21N3O3. The SMILES string of the molecule is CC(=O)OC(C)(C)C(=O)NCCn1ccnc1C1CC1. The number of aromatic nitrogens is 2. The van der Waals surface area contributed by atoms with Crippen LogP contribution in [0.2, 0.25) is 0 Å². The van der Waals surface area contributed by atoms with E-state index in [0.29, 0.717) is 19.0 Å². The van der Waals surface area contributed by atoms with Crippen molar-refractivity contribution in [2.75, 3.05) is 6.54 Å². The highest BCUT2D eigenvalue weighted by Crippen LogP contribution is 2.38. The predicted molar refractivity (Wildman–Crippen MR) is 73.1 cm³/mol. The average Bonchev–Trinajstić information content (AvgIpc) is 3.08. The minimum Gasteiger partial charge on any atom is -0.450 e. The Morgan fingerprint density at radius 3 is 2.80 bits per heavy atom. The molecule has 0 atom stereocenters. The van der Waals surface area contributed by atoms with Gasteiger partial charge in [0.2, 0.25) is 0 Å². The predicted octanol–water partition coefficient (Wildman–Crippen LogP) is 1.22. The molecule has 2 rings (SSSR count). The second kappa shape index (κ2) is 5.64. The largest absolute Gasteiger partial charge is 0.450 e. The smallest absolute Gasteiger partial charge is 0.303 e. The van der Waals surface area contributed by atoms with Gasteiger partial charge in [0.15, 0.2) is 5.60 Å². The second-order valence-corrected chi connectivity index (χ2v) is 5.61. The van der Waals surface area contributed by atoms with Crippen LogP contribution in [0.1, 0.15) is 45.4 Å². The molecule has 1 fully saturated rings. The lowest BCUT2D eigenvalue weighted by molar-refractivity contribution is -0.162. The van der Waals surface area contributed by atoms with Gasteiger partial charge in [-0.05, 0) is 26.7 Å². The summed E-state index contributed by atoms with van der Waals surface area (Å²) >= 11 is 0. The molecular weight excluding hydrogens is 258 g/mol. The third-order valence-corrected chi connectivity index (χ3v) is 3.27. The van der Waals surface area contributed by atoms with Gasteiger partial charge in [0.1, 0.15) is 5.82 Å². The molecule has 1 N–H and O–H groups in total. The molecule has 1 aromatic rings. The number of carbonyl (C=O) groups excluding carboxylic acids is 2. The number of imidazole rings is 1. The van der Waals surface area contributed by atoms with Crippen molar-refractivity contribution >= 4 is 11.9 Å². The van der Waals surface area contributed by atoms with Gasteiger partial charge >= 0.3 is 5.97 Å². The Bertz CT molecular complexity index is 504. The van der Waals surface area contributed by atoms with Crippen molar-refractivity contribution in [3.63, 3.8) is 0 Å². The van der Waals surface area contributed by atoms with Crippen molar-refractivity contribution in [2.24, 2.45) is 0 Å². The normalized spacial score (nSPS) is 14.9. The van der Waals surface area contributed by atoms with Crippen LogP contribution >= 0.6 is 0 Å². The van der Waals surface area contributed by atoms with Crippen LogP contribution in [0.15, 0.2) is 12.4 Å². The summed E-state index contributed by atoms with van der Waals surface area (Å²) in [5.41, 5.74) is -1.14. The third kappa shape index (κ3) is 3.59. The molecule has 0 spiro atoms. The Morgan fingerprint density at radius 1 is 1.50 bits per heavy atom. The van der Waals surface area contributed by atoms with Crippen LogP contribution < -0.4 is 5.32 Å². The minimum absolute atomic E-state index is 0.291. The number of amides is 1. The molecule has 6 heteroatoms. The molecule has 1 aliphatic rings. The zero-order valence-corrected chi connectivity index (χ0v) is 12.2. The first-order chi connectivity index (χ1) is 9.40. The minimum atomic E-state index is -1.14. The number of hydrogen-bond acceptors (Lipinski definition) is 4. The van der Waals surface area contributed by atoms with Crippen LogP contribution in [0, 0.1) is 0 Å². The monoisotopic (exact) mass is 279 g/mol. The van der Waals surface area contributed by atoms with Gasteiger partial charge in [0.25, 0.3) is 5.91 Å². The van der Waals surface area contributed by atoms with Gasteiger partial charge < -0.3 is 14.6 Å². The van der Waals surface area contributed by atoms with E-state index in [0.717, 1.165) is 5.82 Å². The van der Waals surface area contributed by atoms with E-state index in [1.165, 1.54) is 19.8 Å². The number of carbonyl (C=O) groups is 2. The van der Waals surface area contributed by atoms with E-state index < -0.39 is 11.6 Å². The number of rotatable bonds is 6. The molecule has 0 bridgehead atoms. The van der Waals surface area contributed by atoms with Crippen LogP contribution in [0.25, 0.3) is 0 Å². The van der Waals surface area contributed by atoms with E-state index in [9.17, 15) is 9.59 Å². The lowest BCUT2D eigenvalue weighted by atomic mass is 10.1. The summed E-state index contributed by atoms with van der Waals surface area (Å²) in [6, 6.07) is 0. The molecule has 0 unspecified atom stereocenters. The maximum absolute atomic E-state index is 11.9. The fourth-order valence-electron chi connectivity index (χ4n) is 2.12. The fraction of sp³-hybridized carbons (Fsp3) is 0.643. The van der Waals surface area contributed by atoms with Gasteiger partial charge in [0.05, 0.1) is 0 Å². The number of nitrogens with zero attached hydrogens (tertiary/aromatic N) is 2. The van der Waals surface area contributed by atoms with Crippen molar-refractivity contribution in [3.8, 4) is 0 Å². The van der Waals surface area contributed by atoms with Gasteiger partial charge in [-0.15, -0.1) is 0 Å². The Kier molecular flexibility index (Phi) is 4.11. The summed E-state index contributed by atoms with van der Waals surface area (Å²) in [5, 5.41) is 2.79. The molecule has 0 aliphatic heterocycles. The Hall–Kier alpha value is -1.85. The zero-order chi connectivity index (χ0) is 14.8. The first-order valence-electron chi connectivity index (χ1n) is 6.89. The molecule has 110 valence electrons. The highest BCUT2D eigenvalue weighted by atomic mass is 16.6. The van der Waals surface area contributed by atoms with Crippen molar-refractivity contribution in [3.05, 3.63) is 18.2 Å². The molecule has 0 saturated heterocycles. The number of esters is 1. The summed E-state index contributed by atoms with van der Waals surface area (Å²) in [7, 11) is 0. The fourth-order valence-corrected chi connectivity index (χ4v) is 2.12. The van der Waals surface area contributed by atoms with Crippen LogP contribution in [0.5, 0.6) is 0 Å². The van der Waals surface area contributed by atoms with Crippen LogP contribution in [0.4, 0.5) is 0 Å². The van der Waals surface area contributed by atoms with Crippen molar-refractivity contribution in [1.29, 1.82) is 0 Å². The van der Waals surface area contributed by atoms with E-state index in [1.807, 2.05) is 6.20 Å². The molecule has 1 saturated carbocycles. The van der Waals surface area contributed by atoms with Gasteiger partial charge in [-0.3, -0.25) is 9.59 Å². The van der Waals surface area contributed by atoms with Crippen molar-refractivity contribution < 1.29 is 14.3 Å². The van der Waals surface area contributed by atoms with Crippen LogP contribution in [-0.4, -0.2) is 33.6 Å². The molecule has 1 amide bonds. The average molecular weight is 279 g/mol. The topological polar surface area (TPSA) is 73.2 Å². The lowest BCUT2D eigenvalue weighted by Crippen LogP contribution is -2.46. The third-order valence-electron chi connectivity index (χ3n) is 3.27. The van der Waals surface area contributed by atoms with Crippen molar-refractivity contribution in [1.82, 2.24) is 14.9 Å². The standard InChI is InChI=1S/C14H21N3O3/c1-10(18)20-14(2,3)13(19)16-7-9-17-8-6-15-12(17)11-4-5-11/h6,8,11H,4-5,7,9H2,1-3H3,(H,16,19). The van der Waals surface area contributed by atoms with E-state index in [-0.39, 0.29) is 5.91 Å². The second-order valence-electron chi connectivity index (χ2n) is 5.61. The summed E-state index contributed by atoms with van der Waals surface area (Å²) in [6.07, 6.45) is 6.11. The number of nitrogens with one attached hydrogen (secondary N) is 1. The molecule has 1 heterocycles. The Labute approximate surface area is 118 Å². The quantitative estimate of drug-likeness (QED) is 0.795. The maximum Gasteiger partial charge on any atom is 0.303 e. The molecule has 20 heavy (non-hydrogen) atoms. The number of ether oxygens (including phenoxy) is 1. The van der Waals surface area contributed by atoms with Gasteiger partial charge in [0, 0.05) is 38.3 Å². The summed E-state index contributed by atoms with van der Waals surface area (Å²) in [5.74, 6) is 0.924. The molecule has 1 aliphatic carbocycles. The van der Waals surface area contributed by atoms with Crippen LogP contribution in [0.3, 0.4) is 0 Å². The summed E-state index contributed by atoms with van der Waals surface area (Å²) < 4.78 is 7.06. The molecule has 0 aromatic carbocycles. The first kappa shape index (κ1) is 14.6. The molecule has 1 aromatic heterocycles. The van der Waals surface area contributed by atoms with Crippen molar-refractivity contribution in [2.45, 2.75) is 51.7 Å². The Morgan fingerprint density at radius 2 is 2.20 bits per heavy atom. The summed E-state index contributed by atoms with van der Waals surface area (Å²) in [6.45, 7) is 5.61. The highest BCUT2D eigenvalue weighted by Gasteiger charge is 2.31. The van der Waals surface area contributed by atoms with Gasteiger partial charge in [-0.1, -0.05) is 0 Å². The number of hydrogen-bond donors (Lipinski definition) is 1. The van der Waals surface area contributed by atoms with E-state index in [4.69, 9.17) is 4.74 Å².